The largest absolute Gasteiger partial charge is 0.476 e. The third-order valence-corrected chi connectivity index (χ3v) is 4.42. The molecule has 0 atom stereocenters. The van der Waals surface area contributed by atoms with E-state index in [0.29, 0.717) is 0 Å². The molecule has 0 spiro atoms. The average Bonchev–Trinajstić information content (AvgIpc) is 2.57. The highest BCUT2D eigenvalue weighted by Crippen LogP contribution is 2.24. The Balaban J connectivity index is 3.28. The van der Waals surface area contributed by atoms with Crippen LogP contribution in [0, 0.1) is 12.3 Å². The Bertz CT molecular complexity index is 584. The number of aromatic nitrogens is 2. The maximum absolute atomic E-state index is 12.4. The summed E-state index contributed by atoms with van der Waals surface area (Å²) in [5, 5.41) is 14.9. The van der Waals surface area contributed by atoms with Gasteiger partial charge >= 0.3 is 5.97 Å². The van der Waals surface area contributed by atoms with Crippen LogP contribution in [-0.4, -0.2) is 47.6 Å². The summed E-state index contributed by atoms with van der Waals surface area (Å²) in [6, 6.07) is 0. The van der Waals surface area contributed by atoms with E-state index >= 15 is 0 Å². The first-order valence-electron chi connectivity index (χ1n) is 5.71. The normalized spacial score (nSPS) is 12.9. The first kappa shape index (κ1) is 15.6. The van der Waals surface area contributed by atoms with Crippen LogP contribution in [0.1, 0.15) is 37.0 Å². The molecule has 8 heteroatoms. The van der Waals surface area contributed by atoms with Crippen LogP contribution in [-0.2, 0) is 10.0 Å². The van der Waals surface area contributed by atoms with E-state index in [0.717, 1.165) is 4.31 Å². The summed E-state index contributed by atoms with van der Waals surface area (Å²) >= 11 is 0. The second-order valence-corrected chi connectivity index (χ2v) is 7.63. The van der Waals surface area contributed by atoms with Gasteiger partial charge in [-0.15, -0.1) is 0 Å². The molecule has 0 aliphatic carbocycles. The molecule has 0 bridgehead atoms. The molecule has 0 aliphatic rings. The summed E-state index contributed by atoms with van der Waals surface area (Å²) < 4.78 is 26.0. The Labute approximate surface area is 112 Å². The van der Waals surface area contributed by atoms with Crippen LogP contribution in [0.3, 0.4) is 0 Å². The zero-order valence-corrected chi connectivity index (χ0v) is 12.5. The van der Waals surface area contributed by atoms with Gasteiger partial charge in [-0.3, -0.25) is 5.10 Å². The van der Waals surface area contributed by atoms with Crippen molar-refractivity contribution in [2.75, 3.05) is 13.6 Å². The minimum absolute atomic E-state index is 0.221. The predicted molar refractivity (Wildman–Crippen MR) is 69.6 cm³/mol. The third-order valence-electron chi connectivity index (χ3n) is 2.46. The number of hydrogen-bond acceptors (Lipinski definition) is 4. The van der Waals surface area contributed by atoms with E-state index in [4.69, 9.17) is 5.11 Å². The SMILES string of the molecule is Cc1[nH]nc(C(=O)O)c1S(=O)(=O)N(C)CC(C)(C)C. The van der Waals surface area contributed by atoms with Crippen molar-refractivity contribution in [1.29, 1.82) is 0 Å². The zero-order valence-electron chi connectivity index (χ0n) is 11.7. The molecule has 1 aromatic heterocycles. The maximum atomic E-state index is 12.4. The van der Waals surface area contributed by atoms with E-state index in [2.05, 4.69) is 10.2 Å². The van der Waals surface area contributed by atoms with Gasteiger partial charge in [-0.05, 0) is 12.3 Å². The molecule has 0 aliphatic heterocycles. The van der Waals surface area contributed by atoms with Gasteiger partial charge in [0.15, 0.2) is 5.69 Å². The van der Waals surface area contributed by atoms with E-state index in [-0.39, 0.29) is 22.5 Å². The van der Waals surface area contributed by atoms with Crippen LogP contribution >= 0.6 is 0 Å². The molecule has 0 unspecified atom stereocenters. The lowest BCUT2D eigenvalue weighted by Crippen LogP contribution is -2.35. The molecule has 1 aromatic rings. The van der Waals surface area contributed by atoms with E-state index in [1.54, 1.807) is 0 Å². The molecule has 0 saturated carbocycles. The monoisotopic (exact) mass is 289 g/mol. The number of aromatic carboxylic acids is 1. The number of aryl methyl sites for hydroxylation is 1. The molecule has 108 valence electrons. The van der Waals surface area contributed by atoms with Crippen LogP contribution in [0.5, 0.6) is 0 Å². The molecule has 0 saturated heterocycles. The summed E-state index contributed by atoms with van der Waals surface area (Å²) in [6.45, 7) is 7.47. The third kappa shape index (κ3) is 3.32. The Kier molecular flexibility index (Phi) is 4.06. The molecule has 0 aromatic carbocycles. The fraction of sp³-hybridized carbons (Fsp3) is 0.636. The highest BCUT2D eigenvalue weighted by Gasteiger charge is 2.33. The number of carbonyl (C=O) groups is 1. The van der Waals surface area contributed by atoms with E-state index in [9.17, 15) is 13.2 Å². The summed E-state index contributed by atoms with van der Waals surface area (Å²) in [5.41, 5.74) is -0.487. The standard InChI is InChI=1S/C11H19N3O4S/c1-7-9(8(10(15)16)13-12-7)19(17,18)14(5)6-11(2,3)4/h6H2,1-5H3,(H,12,13)(H,15,16). The molecular formula is C11H19N3O4S. The van der Waals surface area contributed by atoms with E-state index in [1.165, 1.54) is 14.0 Å². The van der Waals surface area contributed by atoms with Crippen molar-refractivity contribution in [3.05, 3.63) is 11.4 Å². The van der Waals surface area contributed by atoms with Crippen molar-refractivity contribution in [2.24, 2.45) is 5.41 Å². The number of aromatic amines is 1. The number of H-pyrrole nitrogens is 1. The number of carboxylic acid groups (broad SMARTS) is 1. The smallest absolute Gasteiger partial charge is 0.357 e. The van der Waals surface area contributed by atoms with Crippen LogP contribution in [0.15, 0.2) is 4.90 Å². The zero-order chi connectivity index (χ0) is 15.0. The van der Waals surface area contributed by atoms with Crippen LogP contribution in [0.4, 0.5) is 0 Å². The van der Waals surface area contributed by atoms with Gasteiger partial charge in [0.1, 0.15) is 4.90 Å². The fourth-order valence-corrected chi connectivity index (χ4v) is 3.47. The number of nitrogens with zero attached hydrogens (tertiary/aromatic N) is 2. The summed E-state index contributed by atoms with van der Waals surface area (Å²) in [6.07, 6.45) is 0. The van der Waals surface area contributed by atoms with Crippen molar-refractivity contribution in [1.82, 2.24) is 14.5 Å². The lowest BCUT2D eigenvalue weighted by Gasteiger charge is -2.26. The highest BCUT2D eigenvalue weighted by molar-refractivity contribution is 7.89. The molecule has 7 nitrogen and oxygen atoms in total. The number of rotatable bonds is 4. The van der Waals surface area contributed by atoms with Crippen molar-refractivity contribution < 1.29 is 18.3 Å². The van der Waals surface area contributed by atoms with E-state index in [1.807, 2.05) is 20.8 Å². The number of hydrogen-bond donors (Lipinski definition) is 2. The van der Waals surface area contributed by atoms with Gasteiger partial charge in [0, 0.05) is 13.6 Å². The van der Waals surface area contributed by atoms with Gasteiger partial charge in [-0.2, -0.15) is 5.10 Å². The summed E-state index contributed by atoms with van der Waals surface area (Å²) in [5.74, 6) is -1.37. The minimum atomic E-state index is -3.88. The van der Waals surface area contributed by atoms with Gasteiger partial charge in [-0.1, -0.05) is 20.8 Å². The number of carboxylic acids is 1. The molecule has 2 N–H and O–H groups in total. The van der Waals surface area contributed by atoms with Crippen LogP contribution in [0.2, 0.25) is 0 Å². The quantitative estimate of drug-likeness (QED) is 0.863. The van der Waals surface area contributed by atoms with Crippen molar-refractivity contribution in [3.8, 4) is 0 Å². The fourth-order valence-electron chi connectivity index (χ4n) is 1.79. The van der Waals surface area contributed by atoms with Crippen molar-refractivity contribution in [2.45, 2.75) is 32.6 Å². The molecule has 1 rings (SSSR count). The van der Waals surface area contributed by atoms with Crippen molar-refractivity contribution >= 4 is 16.0 Å². The predicted octanol–water partition coefficient (Wildman–Crippen LogP) is 1.08. The first-order chi connectivity index (χ1) is 8.47. The first-order valence-corrected chi connectivity index (χ1v) is 7.15. The van der Waals surface area contributed by atoms with Gasteiger partial charge < -0.3 is 5.11 Å². The Morgan fingerprint density at radius 1 is 1.42 bits per heavy atom. The maximum Gasteiger partial charge on any atom is 0.357 e. The Morgan fingerprint density at radius 3 is 2.37 bits per heavy atom. The van der Waals surface area contributed by atoms with Crippen molar-refractivity contribution in [3.63, 3.8) is 0 Å². The summed E-state index contributed by atoms with van der Waals surface area (Å²) in [4.78, 5) is 10.8. The minimum Gasteiger partial charge on any atom is -0.476 e. The lowest BCUT2D eigenvalue weighted by atomic mass is 9.97. The molecule has 19 heavy (non-hydrogen) atoms. The van der Waals surface area contributed by atoms with Gasteiger partial charge in [0.05, 0.1) is 5.69 Å². The summed E-state index contributed by atoms with van der Waals surface area (Å²) in [7, 11) is -2.45. The second kappa shape index (κ2) is 4.93. The highest BCUT2D eigenvalue weighted by atomic mass is 32.2. The topological polar surface area (TPSA) is 103 Å². The van der Waals surface area contributed by atoms with Crippen LogP contribution in [0.25, 0.3) is 0 Å². The second-order valence-electron chi connectivity index (χ2n) is 5.65. The number of nitrogens with one attached hydrogen (secondary N) is 1. The van der Waals surface area contributed by atoms with Gasteiger partial charge in [0.25, 0.3) is 0 Å². The Morgan fingerprint density at radius 2 is 1.95 bits per heavy atom. The lowest BCUT2D eigenvalue weighted by molar-refractivity contribution is 0.0686. The van der Waals surface area contributed by atoms with E-state index < -0.39 is 21.7 Å². The Hall–Kier alpha value is -1.41. The molecule has 0 amide bonds. The van der Waals surface area contributed by atoms with Crippen LogP contribution < -0.4 is 0 Å². The van der Waals surface area contributed by atoms with Gasteiger partial charge in [0.2, 0.25) is 10.0 Å². The average molecular weight is 289 g/mol. The molecule has 0 radical (unpaired) electrons. The van der Waals surface area contributed by atoms with Gasteiger partial charge in [-0.25, -0.2) is 17.5 Å². The molecule has 1 heterocycles. The molecular weight excluding hydrogens is 270 g/mol. The molecule has 0 fully saturated rings. The number of sulfonamides is 1.